The summed E-state index contributed by atoms with van der Waals surface area (Å²) in [4.78, 5) is 16.0. The van der Waals surface area contributed by atoms with Gasteiger partial charge in [0.2, 0.25) is 5.91 Å². The van der Waals surface area contributed by atoms with Crippen molar-refractivity contribution in [3.63, 3.8) is 0 Å². The summed E-state index contributed by atoms with van der Waals surface area (Å²) in [6.45, 7) is 6.69. The van der Waals surface area contributed by atoms with Gasteiger partial charge in [0.15, 0.2) is 0 Å². The minimum atomic E-state index is 0.143. The van der Waals surface area contributed by atoms with E-state index in [1.54, 1.807) is 0 Å². The first-order valence-corrected chi connectivity index (χ1v) is 6.50. The Kier molecular flexibility index (Phi) is 4.76. The first-order valence-electron chi connectivity index (χ1n) is 6.50. The fraction of sp³-hybridized carbons (Fsp3) is 0.917. The second-order valence-electron chi connectivity index (χ2n) is 5.06. The fourth-order valence-electron chi connectivity index (χ4n) is 2.32. The van der Waals surface area contributed by atoms with Crippen LogP contribution in [0.15, 0.2) is 0 Å². The fourth-order valence-corrected chi connectivity index (χ4v) is 2.32. The van der Waals surface area contributed by atoms with Crippen molar-refractivity contribution >= 4 is 5.91 Å². The maximum absolute atomic E-state index is 11.8. The highest BCUT2D eigenvalue weighted by molar-refractivity contribution is 5.77. The molecule has 5 nitrogen and oxygen atoms in total. The summed E-state index contributed by atoms with van der Waals surface area (Å²) in [5.41, 5.74) is 0. The van der Waals surface area contributed by atoms with E-state index in [0.717, 1.165) is 39.3 Å². The van der Waals surface area contributed by atoms with Gasteiger partial charge in [0.05, 0.1) is 6.61 Å². The Hall–Kier alpha value is -0.650. The molecule has 17 heavy (non-hydrogen) atoms. The van der Waals surface area contributed by atoms with E-state index in [2.05, 4.69) is 17.3 Å². The van der Waals surface area contributed by atoms with Crippen LogP contribution in [0.5, 0.6) is 0 Å². The molecule has 2 aliphatic rings. The van der Waals surface area contributed by atoms with Crippen molar-refractivity contribution in [1.82, 2.24) is 15.1 Å². The van der Waals surface area contributed by atoms with Gasteiger partial charge < -0.3 is 19.9 Å². The molecule has 5 heteroatoms. The third kappa shape index (κ3) is 3.94. The van der Waals surface area contributed by atoms with Gasteiger partial charge in [-0.15, -0.1) is 0 Å². The van der Waals surface area contributed by atoms with Gasteiger partial charge in [0.1, 0.15) is 6.61 Å². The van der Waals surface area contributed by atoms with Crippen molar-refractivity contribution in [2.45, 2.75) is 6.42 Å². The number of ether oxygens (including phenoxy) is 1. The highest BCUT2D eigenvalue weighted by Crippen LogP contribution is 2.07. The summed E-state index contributed by atoms with van der Waals surface area (Å²) in [6, 6.07) is 0. The Bertz CT molecular complexity index is 246. The molecule has 0 aromatic heterocycles. The number of piperazine rings is 1. The van der Waals surface area contributed by atoms with Crippen molar-refractivity contribution in [3.8, 4) is 0 Å². The Morgan fingerprint density at radius 3 is 2.76 bits per heavy atom. The van der Waals surface area contributed by atoms with E-state index in [1.807, 2.05) is 4.90 Å². The second kappa shape index (κ2) is 6.33. The van der Waals surface area contributed by atoms with Crippen molar-refractivity contribution in [2.24, 2.45) is 5.92 Å². The number of rotatable bonds is 4. The van der Waals surface area contributed by atoms with Crippen LogP contribution in [0.3, 0.4) is 0 Å². The summed E-state index contributed by atoms with van der Waals surface area (Å²) >= 11 is 0. The molecule has 1 unspecified atom stereocenters. The van der Waals surface area contributed by atoms with E-state index in [9.17, 15) is 4.79 Å². The van der Waals surface area contributed by atoms with Crippen molar-refractivity contribution in [3.05, 3.63) is 0 Å². The van der Waals surface area contributed by atoms with Crippen LogP contribution in [-0.2, 0) is 9.53 Å². The lowest BCUT2D eigenvalue weighted by Crippen LogP contribution is -2.48. The number of likely N-dealkylation sites (N-methyl/N-ethyl adjacent to an activating group) is 1. The Labute approximate surface area is 103 Å². The monoisotopic (exact) mass is 241 g/mol. The molecule has 2 aliphatic heterocycles. The average Bonchev–Trinajstić information content (AvgIpc) is 2.83. The number of hydrogen-bond acceptors (Lipinski definition) is 4. The second-order valence-corrected chi connectivity index (χ2v) is 5.06. The lowest BCUT2D eigenvalue weighted by Gasteiger charge is -2.32. The molecular weight excluding hydrogens is 218 g/mol. The zero-order valence-electron chi connectivity index (χ0n) is 10.7. The molecule has 98 valence electrons. The van der Waals surface area contributed by atoms with Crippen molar-refractivity contribution in [1.29, 1.82) is 0 Å². The Balaban J connectivity index is 1.60. The maximum atomic E-state index is 11.8. The van der Waals surface area contributed by atoms with Crippen molar-refractivity contribution in [2.75, 3.05) is 59.5 Å². The molecule has 0 saturated carbocycles. The molecule has 0 spiro atoms. The van der Waals surface area contributed by atoms with Crippen LogP contribution in [0.2, 0.25) is 0 Å². The molecule has 2 fully saturated rings. The average molecular weight is 241 g/mol. The van der Waals surface area contributed by atoms with Gasteiger partial charge in [-0.2, -0.15) is 0 Å². The summed E-state index contributed by atoms with van der Waals surface area (Å²) in [5.74, 6) is 0.736. The predicted molar refractivity (Wildman–Crippen MR) is 65.9 cm³/mol. The molecule has 0 aliphatic carbocycles. The third-order valence-electron chi connectivity index (χ3n) is 3.60. The smallest absolute Gasteiger partial charge is 0.248 e. The van der Waals surface area contributed by atoms with Crippen LogP contribution < -0.4 is 5.32 Å². The van der Waals surface area contributed by atoms with Crippen molar-refractivity contribution < 1.29 is 9.53 Å². The number of nitrogens with zero attached hydrogens (tertiary/aromatic N) is 2. The highest BCUT2D eigenvalue weighted by Gasteiger charge is 2.20. The third-order valence-corrected chi connectivity index (χ3v) is 3.60. The van der Waals surface area contributed by atoms with E-state index in [-0.39, 0.29) is 12.5 Å². The van der Waals surface area contributed by atoms with Gasteiger partial charge >= 0.3 is 0 Å². The predicted octanol–water partition coefficient (Wildman–Crippen LogP) is -0.613. The Morgan fingerprint density at radius 2 is 2.12 bits per heavy atom. The highest BCUT2D eigenvalue weighted by atomic mass is 16.5. The lowest BCUT2D eigenvalue weighted by molar-refractivity contribution is -0.138. The van der Waals surface area contributed by atoms with Crippen LogP contribution in [0.1, 0.15) is 6.42 Å². The molecule has 0 radical (unpaired) electrons. The zero-order valence-corrected chi connectivity index (χ0v) is 10.7. The van der Waals surface area contributed by atoms with Gasteiger partial charge in [0, 0.05) is 32.7 Å². The standard InChI is InChI=1S/C12H23N3O2/c1-14-4-6-15(7-5-14)12(16)10-17-9-11-2-3-13-8-11/h11,13H,2-10H2,1H3. The van der Waals surface area contributed by atoms with Gasteiger partial charge in [-0.05, 0) is 25.9 Å². The maximum Gasteiger partial charge on any atom is 0.248 e. The first-order chi connectivity index (χ1) is 8.25. The molecule has 0 bridgehead atoms. The topological polar surface area (TPSA) is 44.8 Å². The van der Waals surface area contributed by atoms with E-state index < -0.39 is 0 Å². The summed E-state index contributed by atoms with van der Waals surface area (Å²) in [7, 11) is 2.09. The van der Waals surface area contributed by atoms with Gasteiger partial charge in [0.25, 0.3) is 0 Å². The number of carbonyl (C=O) groups excluding carboxylic acids is 1. The molecule has 1 amide bonds. The SMILES string of the molecule is CN1CCN(C(=O)COCC2CCNC2)CC1. The largest absolute Gasteiger partial charge is 0.371 e. The molecular formula is C12H23N3O2. The molecule has 1 atom stereocenters. The summed E-state index contributed by atoms with van der Waals surface area (Å²) in [5, 5.41) is 3.30. The quantitative estimate of drug-likeness (QED) is 0.713. The van der Waals surface area contributed by atoms with Gasteiger partial charge in [-0.3, -0.25) is 4.79 Å². The number of nitrogens with one attached hydrogen (secondary N) is 1. The Morgan fingerprint density at radius 1 is 1.35 bits per heavy atom. The summed E-state index contributed by atoms with van der Waals surface area (Å²) < 4.78 is 5.51. The van der Waals surface area contributed by atoms with Crippen LogP contribution in [-0.4, -0.2) is 75.2 Å². The molecule has 0 aromatic carbocycles. The molecule has 0 aromatic rings. The van der Waals surface area contributed by atoms with Gasteiger partial charge in [-0.25, -0.2) is 0 Å². The van der Waals surface area contributed by atoms with E-state index in [1.165, 1.54) is 6.42 Å². The zero-order chi connectivity index (χ0) is 12.1. The number of carbonyl (C=O) groups is 1. The van der Waals surface area contributed by atoms with E-state index in [0.29, 0.717) is 12.5 Å². The van der Waals surface area contributed by atoms with Crippen LogP contribution >= 0.6 is 0 Å². The minimum Gasteiger partial charge on any atom is -0.371 e. The summed E-state index contributed by atoms with van der Waals surface area (Å²) in [6.07, 6.45) is 1.17. The van der Waals surface area contributed by atoms with Crippen LogP contribution in [0, 0.1) is 5.92 Å². The normalized spacial score (nSPS) is 26.4. The van der Waals surface area contributed by atoms with Gasteiger partial charge in [-0.1, -0.05) is 0 Å². The van der Waals surface area contributed by atoms with Crippen LogP contribution in [0.4, 0.5) is 0 Å². The molecule has 2 heterocycles. The number of hydrogen-bond donors (Lipinski definition) is 1. The molecule has 2 saturated heterocycles. The molecule has 1 N–H and O–H groups in total. The molecule has 2 rings (SSSR count). The van der Waals surface area contributed by atoms with E-state index in [4.69, 9.17) is 4.74 Å². The van der Waals surface area contributed by atoms with E-state index >= 15 is 0 Å². The minimum absolute atomic E-state index is 0.143. The van der Waals surface area contributed by atoms with Crippen LogP contribution in [0.25, 0.3) is 0 Å². The lowest BCUT2D eigenvalue weighted by atomic mass is 10.1. The number of amides is 1. The first kappa shape index (κ1) is 12.8.